The highest BCUT2D eigenvalue weighted by Gasteiger charge is 2.20. The zero-order valence-corrected chi connectivity index (χ0v) is 11.4. The van der Waals surface area contributed by atoms with Gasteiger partial charge in [0.15, 0.2) is 0 Å². The lowest BCUT2D eigenvalue weighted by Gasteiger charge is -2.26. The SMILES string of the molecule is CC(C)N(CCCC(=O)O)C(=O)c1cc(F)cc(F)c1. The highest BCUT2D eigenvalue weighted by molar-refractivity contribution is 5.94. The van der Waals surface area contributed by atoms with E-state index in [1.54, 1.807) is 13.8 Å². The predicted molar refractivity (Wildman–Crippen MR) is 69.4 cm³/mol. The van der Waals surface area contributed by atoms with Gasteiger partial charge in [-0.15, -0.1) is 0 Å². The molecular weight excluding hydrogens is 268 g/mol. The van der Waals surface area contributed by atoms with Gasteiger partial charge in [0.25, 0.3) is 5.91 Å². The van der Waals surface area contributed by atoms with Crippen LogP contribution >= 0.6 is 0 Å². The molecule has 0 aliphatic rings. The second-order valence-electron chi connectivity index (χ2n) is 4.75. The van der Waals surface area contributed by atoms with Gasteiger partial charge in [-0.1, -0.05) is 0 Å². The quantitative estimate of drug-likeness (QED) is 0.874. The maximum atomic E-state index is 13.1. The average molecular weight is 285 g/mol. The number of hydrogen-bond acceptors (Lipinski definition) is 2. The first-order chi connectivity index (χ1) is 9.31. The standard InChI is InChI=1S/C14H17F2NO3/c1-9(2)17(5-3-4-13(18)19)14(20)10-6-11(15)8-12(16)7-10/h6-9H,3-5H2,1-2H3,(H,18,19). The van der Waals surface area contributed by atoms with Crippen molar-refractivity contribution in [1.29, 1.82) is 0 Å². The minimum Gasteiger partial charge on any atom is -0.481 e. The summed E-state index contributed by atoms with van der Waals surface area (Å²) in [6, 6.07) is 2.44. The third-order valence-electron chi connectivity index (χ3n) is 2.78. The first-order valence-electron chi connectivity index (χ1n) is 6.30. The second kappa shape index (κ2) is 6.98. The fourth-order valence-corrected chi connectivity index (χ4v) is 1.84. The van der Waals surface area contributed by atoms with Crippen LogP contribution in [0.1, 0.15) is 37.0 Å². The van der Waals surface area contributed by atoms with Gasteiger partial charge in [0, 0.05) is 30.6 Å². The maximum Gasteiger partial charge on any atom is 0.303 e. The van der Waals surface area contributed by atoms with Crippen LogP contribution in [0.3, 0.4) is 0 Å². The van der Waals surface area contributed by atoms with Crippen molar-refractivity contribution in [3.05, 3.63) is 35.4 Å². The summed E-state index contributed by atoms with van der Waals surface area (Å²) in [4.78, 5) is 24.1. The van der Waals surface area contributed by atoms with Gasteiger partial charge in [-0.25, -0.2) is 8.78 Å². The van der Waals surface area contributed by atoms with Gasteiger partial charge in [0.1, 0.15) is 11.6 Å². The summed E-state index contributed by atoms with van der Waals surface area (Å²) in [7, 11) is 0. The number of carboxylic acids is 1. The molecular formula is C14H17F2NO3. The zero-order chi connectivity index (χ0) is 15.3. The van der Waals surface area contributed by atoms with Crippen LogP contribution < -0.4 is 0 Å². The largest absolute Gasteiger partial charge is 0.481 e. The normalized spacial score (nSPS) is 10.7. The Hall–Kier alpha value is -1.98. The first-order valence-corrected chi connectivity index (χ1v) is 6.30. The van der Waals surface area contributed by atoms with Gasteiger partial charge in [0.2, 0.25) is 0 Å². The van der Waals surface area contributed by atoms with E-state index in [1.807, 2.05) is 0 Å². The molecule has 0 aromatic heterocycles. The Labute approximate surface area is 116 Å². The Bertz CT molecular complexity index is 483. The van der Waals surface area contributed by atoms with E-state index in [0.29, 0.717) is 6.07 Å². The van der Waals surface area contributed by atoms with Crippen LogP contribution in [0.2, 0.25) is 0 Å². The molecule has 1 rings (SSSR count). The first kappa shape index (κ1) is 16.1. The molecule has 1 amide bonds. The van der Waals surface area contributed by atoms with E-state index in [4.69, 9.17) is 5.11 Å². The number of benzene rings is 1. The van der Waals surface area contributed by atoms with Crippen LogP contribution in [0.5, 0.6) is 0 Å². The van der Waals surface area contributed by atoms with Gasteiger partial charge in [-0.05, 0) is 32.4 Å². The van der Waals surface area contributed by atoms with Crippen molar-refractivity contribution in [2.45, 2.75) is 32.7 Å². The molecule has 0 fully saturated rings. The number of carbonyl (C=O) groups excluding carboxylic acids is 1. The van der Waals surface area contributed by atoms with E-state index in [0.717, 1.165) is 12.1 Å². The molecule has 110 valence electrons. The number of carbonyl (C=O) groups is 2. The van der Waals surface area contributed by atoms with Crippen molar-refractivity contribution < 1.29 is 23.5 Å². The number of halogens is 2. The molecule has 4 nitrogen and oxygen atoms in total. The number of carboxylic acid groups (broad SMARTS) is 1. The molecule has 0 aliphatic heterocycles. The van der Waals surface area contributed by atoms with Crippen molar-refractivity contribution in [3.8, 4) is 0 Å². The molecule has 1 aromatic carbocycles. The molecule has 0 spiro atoms. The number of amides is 1. The van der Waals surface area contributed by atoms with Crippen molar-refractivity contribution >= 4 is 11.9 Å². The van der Waals surface area contributed by atoms with E-state index in [1.165, 1.54) is 4.90 Å². The summed E-state index contributed by atoms with van der Waals surface area (Å²) in [5.74, 6) is -3.09. The molecule has 6 heteroatoms. The predicted octanol–water partition coefficient (Wildman–Crippen LogP) is 2.68. The summed E-state index contributed by atoms with van der Waals surface area (Å²) in [5.41, 5.74) is -0.0773. The number of hydrogen-bond donors (Lipinski definition) is 1. The monoisotopic (exact) mass is 285 g/mol. The lowest BCUT2D eigenvalue weighted by molar-refractivity contribution is -0.137. The Morgan fingerprint density at radius 3 is 2.20 bits per heavy atom. The minimum atomic E-state index is -0.946. The summed E-state index contributed by atoms with van der Waals surface area (Å²) < 4.78 is 26.2. The molecule has 0 unspecified atom stereocenters. The van der Waals surface area contributed by atoms with Gasteiger partial charge in [-0.2, -0.15) is 0 Å². The van der Waals surface area contributed by atoms with Crippen molar-refractivity contribution in [1.82, 2.24) is 4.90 Å². The van der Waals surface area contributed by atoms with Gasteiger partial charge in [-0.3, -0.25) is 9.59 Å². The third kappa shape index (κ3) is 4.60. The summed E-state index contributed by atoms with van der Waals surface area (Å²) in [5, 5.41) is 8.59. The molecule has 0 saturated carbocycles. The smallest absolute Gasteiger partial charge is 0.303 e. The maximum absolute atomic E-state index is 13.1. The van der Waals surface area contributed by atoms with Gasteiger partial charge >= 0.3 is 5.97 Å². The summed E-state index contributed by atoms with van der Waals surface area (Å²) >= 11 is 0. The van der Waals surface area contributed by atoms with Gasteiger partial charge in [0.05, 0.1) is 0 Å². The van der Waals surface area contributed by atoms with Crippen LogP contribution in [0, 0.1) is 11.6 Å². The van der Waals surface area contributed by atoms with Crippen LogP contribution in [-0.4, -0.2) is 34.5 Å². The molecule has 0 aliphatic carbocycles. The number of aliphatic carboxylic acids is 1. The molecule has 1 N–H and O–H groups in total. The Balaban J connectivity index is 2.85. The van der Waals surface area contributed by atoms with Crippen molar-refractivity contribution in [2.75, 3.05) is 6.54 Å². The molecule has 20 heavy (non-hydrogen) atoms. The van der Waals surface area contributed by atoms with Crippen LogP contribution in [0.15, 0.2) is 18.2 Å². The van der Waals surface area contributed by atoms with Crippen LogP contribution in [0.25, 0.3) is 0 Å². The minimum absolute atomic E-state index is 0.0615. The van der Waals surface area contributed by atoms with Crippen LogP contribution in [-0.2, 0) is 4.79 Å². The molecule has 0 heterocycles. The topological polar surface area (TPSA) is 57.6 Å². The Morgan fingerprint density at radius 2 is 1.75 bits per heavy atom. The van der Waals surface area contributed by atoms with Gasteiger partial charge < -0.3 is 10.0 Å². The lowest BCUT2D eigenvalue weighted by atomic mass is 10.1. The highest BCUT2D eigenvalue weighted by atomic mass is 19.1. The van der Waals surface area contributed by atoms with E-state index < -0.39 is 23.5 Å². The summed E-state index contributed by atoms with van der Waals surface area (Å²) in [6.07, 6.45) is 0.227. The Kier molecular flexibility index (Phi) is 5.61. The van der Waals surface area contributed by atoms with E-state index in [9.17, 15) is 18.4 Å². The van der Waals surface area contributed by atoms with E-state index in [-0.39, 0.29) is 31.0 Å². The highest BCUT2D eigenvalue weighted by Crippen LogP contribution is 2.13. The molecule has 0 atom stereocenters. The van der Waals surface area contributed by atoms with E-state index >= 15 is 0 Å². The fraction of sp³-hybridized carbons (Fsp3) is 0.429. The number of rotatable bonds is 6. The molecule has 0 radical (unpaired) electrons. The number of nitrogens with zero attached hydrogens (tertiary/aromatic N) is 1. The van der Waals surface area contributed by atoms with E-state index in [2.05, 4.69) is 0 Å². The molecule has 0 saturated heterocycles. The van der Waals surface area contributed by atoms with Crippen molar-refractivity contribution in [3.63, 3.8) is 0 Å². The molecule has 1 aromatic rings. The lowest BCUT2D eigenvalue weighted by Crippen LogP contribution is -2.38. The Morgan fingerprint density at radius 1 is 1.20 bits per heavy atom. The fourth-order valence-electron chi connectivity index (χ4n) is 1.84. The van der Waals surface area contributed by atoms with Crippen LogP contribution in [0.4, 0.5) is 8.78 Å². The van der Waals surface area contributed by atoms with Crippen molar-refractivity contribution in [2.24, 2.45) is 0 Å². The molecule has 0 bridgehead atoms. The third-order valence-corrected chi connectivity index (χ3v) is 2.78. The zero-order valence-electron chi connectivity index (χ0n) is 11.4. The average Bonchev–Trinajstić information content (AvgIpc) is 2.31. The summed E-state index contributed by atoms with van der Waals surface area (Å²) in [6.45, 7) is 3.74. The second-order valence-corrected chi connectivity index (χ2v) is 4.75.